The van der Waals surface area contributed by atoms with Gasteiger partial charge in [-0.15, -0.1) is 10.2 Å². The molecule has 12 nitrogen and oxygen atoms in total. The Balaban J connectivity index is 1.67. The van der Waals surface area contributed by atoms with E-state index < -0.39 is 21.4 Å². The van der Waals surface area contributed by atoms with Crippen molar-refractivity contribution in [1.29, 1.82) is 0 Å². The number of rotatable bonds is 11. The zero-order valence-electron chi connectivity index (χ0n) is 21.7. The van der Waals surface area contributed by atoms with Crippen LogP contribution >= 0.6 is 0 Å². The molecule has 1 aliphatic heterocycles. The van der Waals surface area contributed by atoms with Crippen LogP contribution in [0.5, 0.6) is 5.88 Å². The lowest BCUT2D eigenvalue weighted by molar-refractivity contribution is 0.00152. The fraction of sp³-hybridized carbons (Fsp3) is 0.542. The van der Waals surface area contributed by atoms with Crippen molar-refractivity contribution in [3.05, 3.63) is 42.0 Å². The summed E-state index contributed by atoms with van der Waals surface area (Å²) in [6.07, 6.45) is 3.81. The molecule has 0 bridgehead atoms. The minimum absolute atomic E-state index is 0.0649. The number of aromatic nitrogens is 6. The standard InChI is InChI=1S/C24H33N7O5S/c1-15(2)36-21(22-25-12-16(3)13-26-22)17(4)37(32,33)30-24-29-28-23(19-9-6-10-20(27-19)34-5)31(24)14-18-8-7-11-35-18/h6,9-10,12-13,15,17-18,21H,7-8,11,14H2,1-5H3,(H,29,30)/t17-,18?,21+/m0/s1. The Hall–Kier alpha value is -3.16. The molecule has 37 heavy (non-hydrogen) atoms. The molecule has 0 radical (unpaired) electrons. The fourth-order valence-corrected chi connectivity index (χ4v) is 5.10. The van der Waals surface area contributed by atoms with Gasteiger partial charge in [0.1, 0.15) is 17.0 Å². The smallest absolute Gasteiger partial charge is 0.240 e. The van der Waals surface area contributed by atoms with E-state index in [4.69, 9.17) is 14.2 Å². The Morgan fingerprint density at radius 1 is 1.19 bits per heavy atom. The van der Waals surface area contributed by atoms with Crippen LogP contribution in [0, 0.1) is 6.92 Å². The number of methoxy groups -OCH3 is 1. The molecule has 3 atom stereocenters. The van der Waals surface area contributed by atoms with Crippen LogP contribution < -0.4 is 9.46 Å². The number of nitrogens with zero attached hydrogens (tertiary/aromatic N) is 6. The molecule has 0 amide bonds. The van der Waals surface area contributed by atoms with Gasteiger partial charge in [-0.2, -0.15) is 0 Å². The van der Waals surface area contributed by atoms with E-state index in [1.54, 1.807) is 42.1 Å². The first-order valence-electron chi connectivity index (χ1n) is 12.2. The number of sulfonamides is 1. The number of hydrogen-bond donors (Lipinski definition) is 1. The molecule has 1 saturated heterocycles. The van der Waals surface area contributed by atoms with Gasteiger partial charge in [0.05, 0.1) is 25.9 Å². The zero-order chi connectivity index (χ0) is 26.6. The topological polar surface area (TPSA) is 143 Å². The third kappa shape index (κ3) is 6.40. The minimum atomic E-state index is -4.02. The van der Waals surface area contributed by atoms with Gasteiger partial charge in [-0.1, -0.05) is 6.07 Å². The number of hydrogen-bond acceptors (Lipinski definition) is 10. The first-order valence-corrected chi connectivity index (χ1v) is 13.7. The van der Waals surface area contributed by atoms with E-state index in [0.29, 0.717) is 36.4 Å². The van der Waals surface area contributed by atoms with Crippen LogP contribution in [0.4, 0.5) is 5.95 Å². The minimum Gasteiger partial charge on any atom is -0.481 e. The van der Waals surface area contributed by atoms with Gasteiger partial charge in [-0.25, -0.2) is 23.4 Å². The number of nitrogens with one attached hydrogen (secondary N) is 1. The van der Waals surface area contributed by atoms with E-state index in [0.717, 1.165) is 18.4 Å². The van der Waals surface area contributed by atoms with Crippen LogP contribution in [0.2, 0.25) is 0 Å². The molecule has 4 rings (SSSR count). The molecule has 0 saturated carbocycles. The third-order valence-electron chi connectivity index (χ3n) is 5.95. The molecule has 0 spiro atoms. The maximum Gasteiger partial charge on any atom is 0.240 e. The average Bonchev–Trinajstić information content (AvgIpc) is 3.53. The van der Waals surface area contributed by atoms with Crippen molar-refractivity contribution in [1.82, 2.24) is 29.7 Å². The van der Waals surface area contributed by atoms with Crippen molar-refractivity contribution in [3.63, 3.8) is 0 Å². The predicted octanol–water partition coefficient (Wildman–Crippen LogP) is 2.92. The molecular formula is C24H33N7O5S. The van der Waals surface area contributed by atoms with E-state index in [2.05, 4.69) is 29.9 Å². The SMILES string of the molecule is COc1cccc(-c2nnc(NS(=O)(=O)[C@@H](C)[C@@H](OC(C)C)c3ncc(C)cn3)n2CC2CCCO2)n1. The van der Waals surface area contributed by atoms with E-state index in [-0.39, 0.29) is 18.2 Å². The molecule has 3 aromatic rings. The highest BCUT2D eigenvalue weighted by Gasteiger charge is 2.36. The van der Waals surface area contributed by atoms with Crippen molar-refractivity contribution in [2.45, 2.75) is 70.6 Å². The molecule has 0 aromatic carbocycles. The van der Waals surface area contributed by atoms with E-state index in [9.17, 15) is 8.42 Å². The van der Waals surface area contributed by atoms with Gasteiger partial charge in [0.15, 0.2) is 11.6 Å². The van der Waals surface area contributed by atoms with Gasteiger partial charge >= 0.3 is 0 Å². The third-order valence-corrected chi connectivity index (χ3v) is 7.64. The van der Waals surface area contributed by atoms with Crippen LogP contribution in [0.25, 0.3) is 11.5 Å². The molecule has 1 aliphatic rings. The van der Waals surface area contributed by atoms with Crippen LogP contribution in [0.15, 0.2) is 30.6 Å². The van der Waals surface area contributed by atoms with Gasteiger partial charge in [0.2, 0.25) is 21.9 Å². The molecule has 13 heteroatoms. The lowest BCUT2D eigenvalue weighted by Crippen LogP contribution is -2.35. The van der Waals surface area contributed by atoms with E-state index in [1.165, 1.54) is 7.11 Å². The van der Waals surface area contributed by atoms with Crippen LogP contribution in [-0.4, -0.2) is 69.3 Å². The van der Waals surface area contributed by atoms with Crippen molar-refractivity contribution in [2.75, 3.05) is 18.4 Å². The summed E-state index contributed by atoms with van der Waals surface area (Å²) in [6.45, 7) is 8.10. The Labute approximate surface area is 216 Å². The summed E-state index contributed by atoms with van der Waals surface area (Å²) in [5.74, 6) is 1.16. The maximum atomic E-state index is 13.6. The van der Waals surface area contributed by atoms with Gasteiger partial charge in [-0.05, 0) is 52.2 Å². The molecule has 1 unspecified atom stereocenters. The molecule has 0 aliphatic carbocycles. The second-order valence-corrected chi connectivity index (χ2v) is 11.3. The number of ether oxygens (including phenoxy) is 3. The highest BCUT2D eigenvalue weighted by Crippen LogP contribution is 2.28. The van der Waals surface area contributed by atoms with Gasteiger partial charge in [0, 0.05) is 25.1 Å². The molecule has 200 valence electrons. The van der Waals surface area contributed by atoms with Gasteiger partial charge in [0.25, 0.3) is 0 Å². The summed E-state index contributed by atoms with van der Waals surface area (Å²) in [5, 5.41) is 7.40. The first kappa shape index (κ1) is 26.9. The molecule has 1 N–H and O–H groups in total. The average molecular weight is 532 g/mol. The molecular weight excluding hydrogens is 498 g/mol. The van der Waals surface area contributed by atoms with Crippen LogP contribution in [0.1, 0.15) is 51.1 Å². The second-order valence-electron chi connectivity index (χ2n) is 9.23. The largest absolute Gasteiger partial charge is 0.481 e. The van der Waals surface area contributed by atoms with E-state index >= 15 is 0 Å². The van der Waals surface area contributed by atoms with Gasteiger partial charge < -0.3 is 14.2 Å². The zero-order valence-corrected chi connectivity index (χ0v) is 22.5. The molecule has 1 fully saturated rings. The Bertz CT molecular complexity index is 1290. The maximum absolute atomic E-state index is 13.6. The molecule has 4 heterocycles. The van der Waals surface area contributed by atoms with Crippen LogP contribution in [0.3, 0.4) is 0 Å². The number of pyridine rings is 1. The van der Waals surface area contributed by atoms with Crippen molar-refractivity contribution in [2.24, 2.45) is 0 Å². The molecule has 3 aromatic heterocycles. The monoisotopic (exact) mass is 531 g/mol. The van der Waals surface area contributed by atoms with Crippen molar-refractivity contribution < 1.29 is 22.6 Å². The second kappa shape index (κ2) is 11.5. The summed E-state index contributed by atoms with van der Waals surface area (Å²) < 4.78 is 48.5. The summed E-state index contributed by atoms with van der Waals surface area (Å²) in [5.41, 5.74) is 1.36. The summed E-state index contributed by atoms with van der Waals surface area (Å²) >= 11 is 0. The lowest BCUT2D eigenvalue weighted by atomic mass is 10.2. The summed E-state index contributed by atoms with van der Waals surface area (Å²) in [6, 6.07) is 5.27. The fourth-order valence-electron chi connectivity index (χ4n) is 3.99. The van der Waals surface area contributed by atoms with Crippen LogP contribution in [-0.2, 0) is 26.0 Å². The lowest BCUT2D eigenvalue weighted by Gasteiger charge is -2.25. The Kier molecular flexibility index (Phi) is 8.35. The highest BCUT2D eigenvalue weighted by molar-refractivity contribution is 7.93. The normalized spacial score (nSPS) is 17.6. The number of aryl methyl sites for hydroxylation is 1. The summed E-state index contributed by atoms with van der Waals surface area (Å²) in [4.78, 5) is 13.1. The summed E-state index contributed by atoms with van der Waals surface area (Å²) in [7, 11) is -2.49. The predicted molar refractivity (Wildman–Crippen MR) is 137 cm³/mol. The van der Waals surface area contributed by atoms with E-state index in [1.807, 2.05) is 20.8 Å². The Morgan fingerprint density at radius 3 is 2.59 bits per heavy atom. The quantitative estimate of drug-likeness (QED) is 0.392. The van der Waals surface area contributed by atoms with Crippen molar-refractivity contribution in [3.8, 4) is 17.4 Å². The van der Waals surface area contributed by atoms with Gasteiger partial charge in [-0.3, -0.25) is 9.29 Å². The highest BCUT2D eigenvalue weighted by atomic mass is 32.2. The van der Waals surface area contributed by atoms with Crippen molar-refractivity contribution >= 4 is 16.0 Å². The number of anilines is 1. The Morgan fingerprint density at radius 2 is 1.95 bits per heavy atom. The first-order chi connectivity index (χ1) is 17.7.